The lowest BCUT2D eigenvalue weighted by Crippen LogP contribution is -1.98. The number of methoxy groups -OCH3 is 1. The number of ether oxygens (including phenoxy) is 1. The Hall–Kier alpha value is -2.94. The summed E-state index contributed by atoms with van der Waals surface area (Å²) in [6, 6.07) is 17.4. The third kappa shape index (κ3) is 2.57. The number of rotatable bonds is 3. The van der Waals surface area contributed by atoms with Crippen LogP contribution in [-0.2, 0) is 13.0 Å². The zero-order chi connectivity index (χ0) is 19.3. The number of aryl methyl sites for hydroxylation is 4. The lowest BCUT2D eigenvalue weighted by molar-refractivity contribution is 0.415. The van der Waals surface area contributed by atoms with Crippen molar-refractivity contribution in [2.24, 2.45) is 0 Å². The van der Waals surface area contributed by atoms with Crippen LogP contribution in [0, 0.1) is 13.8 Å². The van der Waals surface area contributed by atoms with Crippen molar-refractivity contribution in [2.75, 3.05) is 7.11 Å². The molecule has 3 heteroatoms. The fourth-order valence-corrected chi connectivity index (χ4v) is 4.64. The molecule has 3 heterocycles. The van der Waals surface area contributed by atoms with Gasteiger partial charge < -0.3 is 13.7 Å². The standard InChI is InChI=1S/C25H26N2O/c1-17-7-9-19(10-8-17)23-16-27-18(2)24(20-11-13-21(28-3)14-12-20)22-6-4-5-15-26(23)25(22)27/h7-14,16H,4-6,15H2,1-3H3. The van der Waals surface area contributed by atoms with E-state index in [-0.39, 0.29) is 0 Å². The molecular weight excluding hydrogens is 344 g/mol. The lowest BCUT2D eigenvalue weighted by atomic mass is 9.98. The first-order valence-corrected chi connectivity index (χ1v) is 10.1. The summed E-state index contributed by atoms with van der Waals surface area (Å²) in [5, 5.41) is 0. The molecule has 0 unspecified atom stereocenters. The molecule has 1 aliphatic rings. The Morgan fingerprint density at radius 2 is 1.57 bits per heavy atom. The van der Waals surface area contributed by atoms with Gasteiger partial charge in [0.1, 0.15) is 11.4 Å². The molecule has 0 amide bonds. The Morgan fingerprint density at radius 1 is 0.857 bits per heavy atom. The minimum atomic E-state index is 0.905. The van der Waals surface area contributed by atoms with Crippen molar-refractivity contribution >= 4 is 5.65 Å². The van der Waals surface area contributed by atoms with Gasteiger partial charge in [-0.2, -0.15) is 0 Å². The van der Waals surface area contributed by atoms with Crippen molar-refractivity contribution in [2.45, 2.75) is 39.7 Å². The average Bonchev–Trinajstić information content (AvgIpc) is 3.12. The second-order valence-electron chi connectivity index (χ2n) is 7.85. The molecule has 0 spiro atoms. The van der Waals surface area contributed by atoms with Gasteiger partial charge in [0.05, 0.1) is 12.8 Å². The largest absolute Gasteiger partial charge is 0.497 e. The van der Waals surface area contributed by atoms with Gasteiger partial charge in [0, 0.05) is 29.6 Å². The second kappa shape index (κ2) is 6.59. The molecule has 0 bridgehead atoms. The van der Waals surface area contributed by atoms with Crippen molar-refractivity contribution in [3.8, 4) is 28.1 Å². The first-order valence-electron chi connectivity index (χ1n) is 10.1. The van der Waals surface area contributed by atoms with Crippen molar-refractivity contribution in [1.82, 2.24) is 8.97 Å². The van der Waals surface area contributed by atoms with Gasteiger partial charge in [0.15, 0.2) is 0 Å². The summed E-state index contributed by atoms with van der Waals surface area (Å²) in [6.45, 7) is 5.48. The highest BCUT2D eigenvalue weighted by Gasteiger charge is 2.24. The predicted molar refractivity (Wildman–Crippen MR) is 115 cm³/mol. The molecule has 5 rings (SSSR count). The second-order valence-corrected chi connectivity index (χ2v) is 7.85. The fourth-order valence-electron chi connectivity index (χ4n) is 4.64. The van der Waals surface area contributed by atoms with Gasteiger partial charge in [-0.25, -0.2) is 0 Å². The van der Waals surface area contributed by atoms with Gasteiger partial charge in [0.25, 0.3) is 0 Å². The maximum Gasteiger partial charge on any atom is 0.121 e. The van der Waals surface area contributed by atoms with Crippen LogP contribution in [0.2, 0.25) is 0 Å². The third-order valence-corrected chi connectivity index (χ3v) is 6.11. The van der Waals surface area contributed by atoms with Crippen LogP contribution in [0.3, 0.4) is 0 Å². The summed E-state index contributed by atoms with van der Waals surface area (Å²) < 4.78 is 10.3. The smallest absolute Gasteiger partial charge is 0.121 e. The van der Waals surface area contributed by atoms with Crippen LogP contribution >= 0.6 is 0 Å². The Labute approximate surface area is 166 Å². The monoisotopic (exact) mass is 370 g/mol. The van der Waals surface area contributed by atoms with Crippen LogP contribution in [0.4, 0.5) is 0 Å². The van der Waals surface area contributed by atoms with Gasteiger partial charge in [-0.15, -0.1) is 0 Å². The lowest BCUT2D eigenvalue weighted by Gasteiger charge is -2.09. The first-order chi connectivity index (χ1) is 13.7. The molecule has 0 radical (unpaired) electrons. The molecule has 0 saturated heterocycles. The molecule has 0 N–H and O–H groups in total. The molecule has 142 valence electrons. The van der Waals surface area contributed by atoms with E-state index in [1.54, 1.807) is 7.11 Å². The van der Waals surface area contributed by atoms with Gasteiger partial charge in [-0.05, 0) is 56.4 Å². The molecule has 3 nitrogen and oxygen atoms in total. The summed E-state index contributed by atoms with van der Waals surface area (Å²) in [7, 11) is 1.72. The number of benzene rings is 2. The van der Waals surface area contributed by atoms with Crippen LogP contribution in [0.15, 0.2) is 54.7 Å². The SMILES string of the molecule is COc1ccc(-c2c3c4n(c(-c5ccc(C)cc5)cn4c2C)CCCC3)cc1. The molecule has 0 fully saturated rings. The molecule has 4 aromatic rings. The van der Waals surface area contributed by atoms with Crippen LogP contribution in [0.25, 0.3) is 28.0 Å². The van der Waals surface area contributed by atoms with Gasteiger partial charge in [-0.1, -0.05) is 42.0 Å². The molecule has 1 aliphatic heterocycles. The molecule has 0 atom stereocenters. The zero-order valence-corrected chi connectivity index (χ0v) is 16.8. The number of hydrogen-bond acceptors (Lipinski definition) is 1. The maximum absolute atomic E-state index is 5.35. The van der Waals surface area contributed by atoms with Gasteiger partial charge >= 0.3 is 0 Å². The van der Waals surface area contributed by atoms with E-state index in [0.29, 0.717) is 0 Å². The minimum Gasteiger partial charge on any atom is -0.497 e. The van der Waals surface area contributed by atoms with Crippen LogP contribution in [0.5, 0.6) is 5.75 Å². The van der Waals surface area contributed by atoms with E-state index in [9.17, 15) is 0 Å². The van der Waals surface area contributed by atoms with Gasteiger partial charge in [0.2, 0.25) is 0 Å². The van der Waals surface area contributed by atoms with Crippen LogP contribution < -0.4 is 4.74 Å². The summed E-state index contributed by atoms with van der Waals surface area (Å²) in [4.78, 5) is 0. The van der Waals surface area contributed by atoms with Crippen molar-refractivity contribution in [3.05, 3.63) is 71.5 Å². The van der Waals surface area contributed by atoms with Crippen molar-refractivity contribution < 1.29 is 4.74 Å². The molecule has 0 aliphatic carbocycles. The number of hydrogen-bond donors (Lipinski definition) is 0. The van der Waals surface area contributed by atoms with E-state index in [4.69, 9.17) is 4.74 Å². The zero-order valence-electron chi connectivity index (χ0n) is 16.8. The normalized spacial score (nSPS) is 13.7. The molecule has 28 heavy (non-hydrogen) atoms. The highest BCUT2D eigenvalue weighted by molar-refractivity contribution is 5.81. The Balaban J connectivity index is 1.74. The predicted octanol–water partition coefficient (Wildman–Crippen LogP) is 6.04. The summed E-state index contributed by atoms with van der Waals surface area (Å²) in [6.07, 6.45) is 5.92. The summed E-state index contributed by atoms with van der Waals surface area (Å²) in [5.74, 6) is 0.905. The highest BCUT2D eigenvalue weighted by Crippen LogP contribution is 2.39. The quantitative estimate of drug-likeness (QED) is 0.430. The van der Waals surface area contributed by atoms with Crippen LogP contribution in [0.1, 0.15) is 29.7 Å². The summed E-state index contributed by atoms with van der Waals surface area (Å²) >= 11 is 0. The fraction of sp³-hybridized carbons (Fsp3) is 0.280. The van der Waals surface area contributed by atoms with Crippen molar-refractivity contribution in [3.63, 3.8) is 0 Å². The van der Waals surface area contributed by atoms with E-state index in [0.717, 1.165) is 18.7 Å². The van der Waals surface area contributed by atoms with E-state index in [1.165, 1.54) is 57.7 Å². The molecule has 2 aromatic carbocycles. The molecule has 2 aromatic heterocycles. The first kappa shape index (κ1) is 17.2. The van der Waals surface area contributed by atoms with Gasteiger partial charge in [-0.3, -0.25) is 0 Å². The Kier molecular flexibility index (Phi) is 4.04. The Bertz CT molecular complexity index is 1140. The highest BCUT2D eigenvalue weighted by atomic mass is 16.5. The maximum atomic E-state index is 5.35. The van der Waals surface area contributed by atoms with E-state index in [1.807, 2.05) is 0 Å². The number of aromatic nitrogens is 2. The molecule has 0 saturated carbocycles. The Morgan fingerprint density at radius 3 is 2.29 bits per heavy atom. The summed E-state index contributed by atoms with van der Waals surface area (Å²) in [5.41, 5.74) is 10.8. The topological polar surface area (TPSA) is 18.6 Å². The molecular formula is C25H26N2O. The van der Waals surface area contributed by atoms with E-state index < -0.39 is 0 Å². The van der Waals surface area contributed by atoms with Crippen molar-refractivity contribution in [1.29, 1.82) is 0 Å². The number of nitrogens with zero attached hydrogens (tertiary/aromatic N) is 2. The number of imidazole rings is 1. The minimum absolute atomic E-state index is 0.905. The third-order valence-electron chi connectivity index (χ3n) is 6.11. The van der Waals surface area contributed by atoms with E-state index >= 15 is 0 Å². The van der Waals surface area contributed by atoms with Crippen LogP contribution in [-0.4, -0.2) is 16.1 Å². The van der Waals surface area contributed by atoms with E-state index in [2.05, 4.69) is 77.5 Å². The average molecular weight is 370 g/mol.